The van der Waals surface area contributed by atoms with Crippen LogP contribution in [0, 0.1) is 0 Å². The van der Waals surface area contributed by atoms with Crippen molar-refractivity contribution in [1.82, 2.24) is 4.90 Å². The van der Waals surface area contributed by atoms with Crippen LogP contribution in [0.15, 0.2) is 30.4 Å². The number of nitrogens with zero attached hydrogens (tertiary/aromatic N) is 1. The van der Waals surface area contributed by atoms with Crippen molar-refractivity contribution in [1.29, 1.82) is 0 Å². The smallest absolute Gasteiger partial charge is 0.119 e. The molecule has 1 atom stereocenters. The van der Waals surface area contributed by atoms with Gasteiger partial charge in [-0.05, 0) is 36.1 Å². The van der Waals surface area contributed by atoms with Gasteiger partial charge in [0.25, 0.3) is 0 Å². The van der Waals surface area contributed by atoms with Crippen LogP contribution in [0.1, 0.15) is 11.1 Å². The number of β-amino-alcohol motifs (C(OH)–C–C–N with tert-alkyl or cyclic N) is 1. The van der Waals surface area contributed by atoms with Crippen LogP contribution in [-0.4, -0.2) is 48.3 Å². The van der Waals surface area contributed by atoms with Crippen molar-refractivity contribution < 1.29 is 14.0 Å². The summed E-state index contributed by atoms with van der Waals surface area (Å²) in [6.07, 6.45) is 5.90. The quantitative estimate of drug-likeness (QED) is 0.666. The van der Waals surface area contributed by atoms with Gasteiger partial charge in [-0.15, -0.1) is 0 Å². The van der Waals surface area contributed by atoms with Gasteiger partial charge in [-0.25, -0.2) is 0 Å². The molecule has 114 valence electrons. The highest BCUT2D eigenvalue weighted by molar-refractivity contribution is 7.94. The second-order valence-electron chi connectivity index (χ2n) is 5.42. The summed E-state index contributed by atoms with van der Waals surface area (Å²) in [6.45, 7) is 2.55. The Morgan fingerprint density at radius 2 is 2.14 bits per heavy atom. The number of benzene rings is 1. The van der Waals surface area contributed by atoms with E-state index < -0.39 is 6.10 Å². The summed E-state index contributed by atoms with van der Waals surface area (Å²) >= 11 is 1.44. The first-order valence-corrected chi connectivity index (χ1v) is 8.27. The van der Waals surface area contributed by atoms with Crippen molar-refractivity contribution in [3.63, 3.8) is 0 Å². The van der Waals surface area contributed by atoms with E-state index in [1.807, 2.05) is 6.07 Å². The van der Waals surface area contributed by atoms with E-state index in [0.29, 0.717) is 13.2 Å². The average molecular weight is 307 g/mol. The third-order valence-corrected chi connectivity index (χ3v) is 4.54. The second-order valence-corrected chi connectivity index (χ2v) is 6.15. The Hall–Kier alpha value is -1.01. The molecule has 1 unspecified atom stereocenters. The van der Waals surface area contributed by atoms with Gasteiger partial charge in [0, 0.05) is 25.1 Å². The molecule has 0 radical (unpaired) electrons. The Bertz CT molecular complexity index is 500. The molecule has 0 aromatic heterocycles. The largest absolute Gasteiger partial charge is 0.491 e. The zero-order valence-electron chi connectivity index (χ0n) is 12.0. The summed E-state index contributed by atoms with van der Waals surface area (Å²) in [5, 5.41) is 10.1. The third kappa shape index (κ3) is 4.23. The van der Waals surface area contributed by atoms with Crippen molar-refractivity contribution >= 4 is 12.0 Å². The minimum atomic E-state index is -0.473. The van der Waals surface area contributed by atoms with Crippen LogP contribution in [-0.2, 0) is 17.0 Å². The Morgan fingerprint density at radius 1 is 1.29 bits per heavy atom. The van der Waals surface area contributed by atoms with Crippen LogP contribution >= 0.6 is 12.0 Å². The third-order valence-electron chi connectivity index (χ3n) is 3.74. The summed E-state index contributed by atoms with van der Waals surface area (Å²) < 4.78 is 11.0. The number of fused-ring (bicyclic) bond motifs is 1. The van der Waals surface area contributed by atoms with Crippen LogP contribution < -0.4 is 4.74 Å². The Balaban J connectivity index is 1.48. The zero-order valence-corrected chi connectivity index (χ0v) is 12.8. The van der Waals surface area contributed by atoms with Gasteiger partial charge < -0.3 is 14.0 Å². The van der Waals surface area contributed by atoms with E-state index >= 15 is 0 Å². The second kappa shape index (κ2) is 7.31. The molecule has 1 heterocycles. The normalized spacial score (nSPS) is 20.0. The summed E-state index contributed by atoms with van der Waals surface area (Å²) in [5.74, 6) is 1.65. The van der Waals surface area contributed by atoms with Gasteiger partial charge in [0.05, 0.1) is 12.5 Å². The molecule has 1 N–H and O–H groups in total. The van der Waals surface area contributed by atoms with Crippen LogP contribution in [0.4, 0.5) is 0 Å². The van der Waals surface area contributed by atoms with Gasteiger partial charge in [-0.2, -0.15) is 0 Å². The van der Waals surface area contributed by atoms with Gasteiger partial charge in [0.15, 0.2) is 0 Å². The van der Waals surface area contributed by atoms with Crippen molar-refractivity contribution in [2.75, 3.05) is 32.2 Å². The molecule has 1 fully saturated rings. The Labute approximate surface area is 129 Å². The van der Waals surface area contributed by atoms with E-state index in [2.05, 4.69) is 29.2 Å². The monoisotopic (exact) mass is 307 g/mol. The lowest BCUT2D eigenvalue weighted by atomic mass is 9.97. The lowest BCUT2D eigenvalue weighted by Gasteiger charge is -2.27. The van der Waals surface area contributed by atoms with Crippen LogP contribution in [0.3, 0.4) is 0 Å². The minimum absolute atomic E-state index is 0.330. The molecule has 0 amide bonds. The van der Waals surface area contributed by atoms with Crippen LogP contribution in [0.25, 0.3) is 0 Å². The topological polar surface area (TPSA) is 41.9 Å². The molecule has 1 aliphatic carbocycles. The summed E-state index contributed by atoms with van der Waals surface area (Å²) in [5.41, 5.74) is 2.70. The highest BCUT2D eigenvalue weighted by atomic mass is 32.2. The highest BCUT2D eigenvalue weighted by Crippen LogP contribution is 2.22. The number of hydrogen-bond acceptors (Lipinski definition) is 5. The van der Waals surface area contributed by atoms with E-state index in [1.165, 1.54) is 23.2 Å². The van der Waals surface area contributed by atoms with E-state index in [-0.39, 0.29) is 0 Å². The van der Waals surface area contributed by atoms with Gasteiger partial charge in [-0.1, -0.05) is 18.2 Å². The fourth-order valence-electron chi connectivity index (χ4n) is 2.59. The molecular weight excluding hydrogens is 286 g/mol. The number of ether oxygens (including phenoxy) is 1. The number of aliphatic hydroxyl groups is 1. The lowest BCUT2D eigenvalue weighted by Crippen LogP contribution is -2.39. The van der Waals surface area contributed by atoms with Gasteiger partial charge in [0.1, 0.15) is 18.5 Å². The molecule has 1 aromatic rings. The first kappa shape index (κ1) is 14.9. The molecule has 1 aromatic carbocycles. The van der Waals surface area contributed by atoms with Gasteiger partial charge in [0.2, 0.25) is 0 Å². The van der Waals surface area contributed by atoms with Crippen LogP contribution in [0.2, 0.25) is 0 Å². The van der Waals surface area contributed by atoms with E-state index in [0.717, 1.165) is 37.6 Å². The van der Waals surface area contributed by atoms with Crippen molar-refractivity contribution in [3.05, 3.63) is 41.5 Å². The first-order chi connectivity index (χ1) is 10.3. The molecule has 0 saturated carbocycles. The summed E-state index contributed by atoms with van der Waals surface area (Å²) in [7, 11) is 0. The van der Waals surface area contributed by atoms with Crippen molar-refractivity contribution in [2.45, 2.75) is 18.9 Å². The molecule has 1 saturated heterocycles. The molecule has 5 heteroatoms. The molecule has 3 rings (SSSR count). The number of allylic oxidation sites excluding steroid dienone is 2. The highest BCUT2D eigenvalue weighted by Gasteiger charge is 2.16. The van der Waals surface area contributed by atoms with Crippen LogP contribution in [0.5, 0.6) is 5.75 Å². The minimum Gasteiger partial charge on any atom is -0.491 e. The predicted molar refractivity (Wildman–Crippen MR) is 84.5 cm³/mol. The molecular formula is C16H21NO3S. The first-order valence-electron chi connectivity index (χ1n) is 7.36. The van der Waals surface area contributed by atoms with Gasteiger partial charge >= 0.3 is 0 Å². The molecule has 21 heavy (non-hydrogen) atoms. The van der Waals surface area contributed by atoms with E-state index in [1.54, 1.807) is 0 Å². The number of hydrogen-bond donors (Lipinski definition) is 1. The molecule has 0 bridgehead atoms. The fraction of sp³-hybridized carbons (Fsp3) is 0.500. The maximum Gasteiger partial charge on any atom is 0.119 e. The number of aliphatic hydroxyl groups excluding tert-OH is 1. The van der Waals surface area contributed by atoms with E-state index in [4.69, 9.17) is 8.92 Å². The SMILES string of the molecule is OC(COc1ccc2c(c1)CC=CC2)CN1CCOSC1. The Kier molecular flexibility index (Phi) is 5.19. The average Bonchev–Trinajstić information content (AvgIpc) is 2.54. The maximum absolute atomic E-state index is 10.1. The molecule has 1 aliphatic heterocycles. The Morgan fingerprint density at radius 3 is 2.95 bits per heavy atom. The van der Waals surface area contributed by atoms with Crippen molar-refractivity contribution in [2.24, 2.45) is 0 Å². The zero-order chi connectivity index (χ0) is 14.5. The maximum atomic E-state index is 10.1. The van der Waals surface area contributed by atoms with E-state index in [9.17, 15) is 5.11 Å². The predicted octanol–water partition coefficient (Wildman–Crippen LogP) is 2.02. The van der Waals surface area contributed by atoms with Gasteiger partial charge in [-0.3, -0.25) is 4.90 Å². The fourth-order valence-corrected chi connectivity index (χ4v) is 3.24. The number of rotatable bonds is 5. The molecule has 0 spiro atoms. The summed E-state index contributed by atoms with van der Waals surface area (Å²) in [4.78, 5) is 2.18. The molecule has 2 aliphatic rings. The lowest BCUT2D eigenvalue weighted by molar-refractivity contribution is 0.0667. The molecule has 4 nitrogen and oxygen atoms in total. The summed E-state index contributed by atoms with van der Waals surface area (Å²) in [6, 6.07) is 6.21. The standard InChI is InChI=1S/C16H21NO3S/c18-15(10-17-7-8-20-21-12-17)11-19-16-6-5-13-3-1-2-4-14(13)9-16/h1-2,5-6,9,15,18H,3-4,7-8,10-12H2. The van der Waals surface area contributed by atoms with Crippen molar-refractivity contribution in [3.8, 4) is 5.75 Å².